The van der Waals surface area contributed by atoms with E-state index in [1.807, 2.05) is 31.2 Å². The monoisotopic (exact) mass is 526 g/mol. The van der Waals surface area contributed by atoms with Gasteiger partial charge in [0.15, 0.2) is 5.96 Å². The van der Waals surface area contributed by atoms with Crippen molar-refractivity contribution < 1.29 is 13.2 Å². The van der Waals surface area contributed by atoms with Gasteiger partial charge in [0.2, 0.25) is 10.0 Å². The van der Waals surface area contributed by atoms with Crippen molar-refractivity contribution in [3.05, 3.63) is 35.4 Å². The molecule has 162 valence electrons. The predicted octanol–water partition coefficient (Wildman–Crippen LogP) is 2.47. The van der Waals surface area contributed by atoms with E-state index < -0.39 is 10.0 Å². The Bertz CT molecular complexity index is 664. The number of ether oxygens (including phenoxy) is 1. The molecule has 0 bridgehead atoms. The van der Waals surface area contributed by atoms with Gasteiger partial charge in [-0.15, -0.1) is 24.0 Å². The van der Waals surface area contributed by atoms with Crippen molar-refractivity contribution in [2.75, 3.05) is 33.4 Å². The van der Waals surface area contributed by atoms with E-state index in [0.717, 1.165) is 49.8 Å². The van der Waals surface area contributed by atoms with Gasteiger partial charge in [0.05, 0.1) is 12.3 Å². The summed E-state index contributed by atoms with van der Waals surface area (Å²) in [4.78, 5) is 4.57. The number of nitrogens with one attached hydrogen (secondary N) is 3. The molecule has 0 aliphatic heterocycles. The molecule has 7 nitrogen and oxygen atoms in total. The first-order chi connectivity index (χ1) is 12.9. The number of rotatable bonds is 12. The van der Waals surface area contributed by atoms with E-state index in [1.54, 1.807) is 0 Å². The Morgan fingerprint density at radius 3 is 2.36 bits per heavy atom. The van der Waals surface area contributed by atoms with E-state index in [0.29, 0.717) is 12.5 Å². The highest BCUT2D eigenvalue weighted by molar-refractivity contribution is 14.0. The molecule has 0 amide bonds. The molecule has 0 unspecified atom stereocenters. The zero-order chi connectivity index (χ0) is 20.1. The van der Waals surface area contributed by atoms with Crippen LogP contribution in [0.15, 0.2) is 29.3 Å². The van der Waals surface area contributed by atoms with Gasteiger partial charge in [0.25, 0.3) is 0 Å². The average molecular weight is 526 g/mol. The topological polar surface area (TPSA) is 91.8 Å². The molecule has 0 fully saturated rings. The van der Waals surface area contributed by atoms with Crippen molar-refractivity contribution >= 4 is 40.0 Å². The minimum atomic E-state index is -3.25. The summed E-state index contributed by atoms with van der Waals surface area (Å²) in [6, 6.07) is 7.47. The van der Waals surface area contributed by atoms with E-state index in [-0.39, 0.29) is 29.7 Å². The van der Waals surface area contributed by atoms with Crippen molar-refractivity contribution in [2.24, 2.45) is 10.9 Å². The molecule has 0 aliphatic carbocycles. The van der Waals surface area contributed by atoms with Crippen LogP contribution < -0.4 is 15.4 Å². The second-order valence-corrected chi connectivity index (χ2v) is 8.65. The molecule has 0 saturated heterocycles. The molecule has 1 aromatic carbocycles. The molecule has 9 heteroatoms. The Hall–Kier alpha value is -0.910. The lowest BCUT2D eigenvalue weighted by molar-refractivity contribution is 0.108. The number of aliphatic imine (C=N–C) groups is 1. The fourth-order valence-electron chi connectivity index (χ4n) is 2.24. The van der Waals surface area contributed by atoms with E-state index in [4.69, 9.17) is 4.74 Å². The zero-order valence-corrected chi connectivity index (χ0v) is 20.5. The summed E-state index contributed by atoms with van der Waals surface area (Å²) >= 11 is 0. The van der Waals surface area contributed by atoms with Crippen LogP contribution in [0.25, 0.3) is 0 Å². The number of hydrogen-bond acceptors (Lipinski definition) is 4. The Morgan fingerprint density at radius 1 is 1.14 bits per heavy atom. The third-order valence-electron chi connectivity index (χ3n) is 3.66. The number of hydrogen-bond donors (Lipinski definition) is 3. The third-order valence-corrected chi connectivity index (χ3v) is 5.00. The molecule has 28 heavy (non-hydrogen) atoms. The summed E-state index contributed by atoms with van der Waals surface area (Å²) in [6.45, 7) is 9.95. The lowest BCUT2D eigenvalue weighted by atomic mass is 10.1. The number of benzene rings is 1. The summed E-state index contributed by atoms with van der Waals surface area (Å²) in [5.74, 6) is 1.31. The summed E-state index contributed by atoms with van der Waals surface area (Å²) in [5, 5.41) is 6.52. The lowest BCUT2D eigenvalue weighted by Gasteiger charge is -2.12. The van der Waals surface area contributed by atoms with Crippen molar-refractivity contribution in [1.29, 1.82) is 0 Å². The minimum Gasteiger partial charge on any atom is -0.381 e. The van der Waals surface area contributed by atoms with Gasteiger partial charge in [-0.1, -0.05) is 38.1 Å². The van der Waals surface area contributed by atoms with Crippen LogP contribution >= 0.6 is 24.0 Å². The quantitative estimate of drug-likeness (QED) is 0.169. The highest BCUT2D eigenvalue weighted by Crippen LogP contribution is 2.08. The van der Waals surface area contributed by atoms with E-state index in [1.165, 1.54) is 7.05 Å². The second-order valence-electron chi connectivity index (χ2n) is 6.72. The van der Waals surface area contributed by atoms with Crippen LogP contribution in [-0.4, -0.2) is 47.7 Å². The maximum absolute atomic E-state index is 11.6. The highest BCUT2D eigenvalue weighted by Gasteiger charge is 2.08. The van der Waals surface area contributed by atoms with E-state index in [2.05, 4.69) is 34.2 Å². The smallest absolute Gasteiger partial charge is 0.215 e. The van der Waals surface area contributed by atoms with Gasteiger partial charge < -0.3 is 15.4 Å². The molecule has 0 saturated carbocycles. The van der Waals surface area contributed by atoms with Gasteiger partial charge >= 0.3 is 0 Å². The maximum Gasteiger partial charge on any atom is 0.215 e. The molecule has 0 radical (unpaired) electrons. The summed E-state index contributed by atoms with van der Waals surface area (Å²) in [5.41, 5.74) is 1.78. The third kappa shape index (κ3) is 12.5. The average Bonchev–Trinajstić information content (AvgIpc) is 2.63. The van der Waals surface area contributed by atoms with E-state index >= 15 is 0 Å². The molecule has 0 atom stereocenters. The van der Waals surface area contributed by atoms with Crippen molar-refractivity contribution in [2.45, 2.75) is 39.5 Å². The van der Waals surface area contributed by atoms with Gasteiger partial charge in [-0.3, -0.25) is 0 Å². The Balaban J connectivity index is 0.00000729. The minimum absolute atomic E-state index is 0. The number of guanidine groups is 1. The summed E-state index contributed by atoms with van der Waals surface area (Å²) < 4.78 is 31.1. The van der Waals surface area contributed by atoms with Gasteiger partial charge in [-0.05, 0) is 37.4 Å². The van der Waals surface area contributed by atoms with Crippen LogP contribution in [0.4, 0.5) is 0 Å². The summed E-state index contributed by atoms with van der Waals surface area (Å²) in [7, 11) is -1.83. The Morgan fingerprint density at radius 2 is 1.79 bits per heavy atom. The Labute approximate surface area is 187 Å². The largest absolute Gasteiger partial charge is 0.381 e. The second kappa shape index (κ2) is 15.0. The summed E-state index contributed by atoms with van der Waals surface area (Å²) in [6.07, 6.45) is 0.922. The van der Waals surface area contributed by atoms with Crippen LogP contribution in [0, 0.1) is 5.92 Å². The fraction of sp³-hybridized carbons (Fsp3) is 0.632. The molecule has 0 aliphatic rings. The van der Waals surface area contributed by atoms with Gasteiger partial charge in [-0.25, -0.2) is 18.1 Å². The van der Waals surface area contributed by atoms with Crippen molar-refractivity contribution in [3.63, 3.8) is 0 Å². The van der Waals surface area contributed by atoms with Crippen LogP contribution in [0.2, 0.25) is 0 Å². The highest BCUT2D eigenvalue weighted by atomic mass is 127. The van der Waals surface area contributed by atoms with Crippen LogP contribution in [0.1, 0.15) is 38.3 Å². The Kier molecular flexibility index (Phi) is 14.5. The van der Waals surface area contributed by atoms with Gasteiger partial charge in [0.1, 0.15) is 0 Å². The molecule has 1 rings (SSSR count). The lowest BCUT2D eigenvalue weighted by Crippen LogP contribution is -2.38. The number of halogens is 1. The fourth-order valence-corrected chi connectivity index (χ4v) is 3.02. The van der Waals surface area contributed by atoms with Crippen LogP contribution in [0.5, 0.6) is 0 Å². The molecular weight excluding hydrogens is 491 g/mol. The first kappa shape index (κ1) is 27.1. The number of sulfonamides is 1. The molecule has 0 heterocycles. The number of nitrogens with zero attached hydrogens (tertiary/aromatic N) is 1. The predicted molar refractivity (Wildman–Crippen MR) is 127 cm³/mol. The van der Waals surface area contributed by atoms with Crippen molar-refractivity contribution in [3.8, 4) is 0 Å². The molecule has 0 aromatic heterocycles. The van der Waals surface area contributed by atoms with Crippen LogP contribution in [-0.2, 0) is 27.1 Å². The molecule has 0 spiro atoms. The van der Waals surface area contributed by atoms with Gasteiger partial charge in [-0.2, -0.15) is 0 Å². The SMILES string of the molecule is CCNC(=NCc1ccc(CS(=O)(=O)NC)cc1)NCCCOCC(C)C.I. The van der Waals surface area contributed by atoms with Gasteiger partial charge in [0, 0.05) is 26.3 Å². The normalized spacial score (nSPS) is 12.0. The zero-order valence-electron chi connectivity index (χ0n) is 17.3. The van der Waals surface area contributed by atoms with Crippen LogP contribution in [0.3, 0.4) is 0 Å². The molecule has 3 N–H and O–H groups in total. The van der Waals surface area contributed by atoms with E-state index in [9.17, 15) is 8.42 Å². The molecule has 1 aromatic rings. The molecular formula is C19H35IN4O3S. The first-order valence-electron chi connectivity index (χ1n) is 9.45. The van der Waals surface area contributed by atoms with Crippen molar-refractivity contribution in [1.82, 2.24) is 15.4 Å². The first-order valence-corrected chi connectivity index (χ1v) is 11.1. The maximum atomic E-state index is 11.6. The standard InChI is InChI=1S/C19H34N4O3S.HI/c1-5-21-19(22-11-6-12-26-14-16(2)3)23-13-17-7-9-18(10-8-17)15-27(24,25)20-4;/h7-10,16,20H,5-6,11-15H2,1-4H3,(H2,21,22,23);1H.